The number of unbranched alkanes of at least 4 members (excludes halogenated alkanes) is 1. The summed E-state index contributed by atoms with van der Waals surface area (Å²) in [6.07, 6.45) is 6.51. The third-order valence-electron chi connectivity index (χ3n) is 5.83. The van der Waals surface area contributed by atoms with Crippen molar-refractivity contribution in [2.45, 2.75) is 19.4 Å². The molecular formula is C28H32N4O4S. The molecule has 2 heterocycles. The van der Waals surface area contributed by atoms with Crippen molar-refractivity contribution in [2.75, 3.05) is 38.8 Å². The molecule has 0 radical (unpaired) electrons. The molecule has 4 aromatic rings. The molecule has 37 heavy (non-hydrogen) atoms. The number of fused-ring (bicyclic) bond motifs is 1. The maximum absolute atomic E-state index is 11.3. The molecule has 0 saturated heterocycles. The monoisotopic (exact) mass is 520 g/mol. The molecule has 4 rings (SSSR count). The molecule has 0 aliphatic heterocycles. The highest BCUT2D eigenvalue weighted by Crippen LogP contribution is 2.23. The Morgan fingerprint density at radius 3 is 2.43 bits per heavy atom. The molecule has 0 spiro atoms. The van der Waals surface area contributed by atoms with E-state index in [1.165, 1.54) is 6.26 Å². The Hall–Kier alpha value is -3.56. The number of sulfone groups is 1. The van der Waals surface area contributed by atoms with E-state index in [1.807, 2.05) is 72.6 Å². The molecular weight excluding hydrogens is 488 g/mol. The summed E-state index contributed by atoms with van der Waals surface area (Å²) < 4.78 is 34.2. The van der Waals surface area contributed by atoms with Crippen molar-refractivity contribution in [2.24, 2.45) is 0 Å². The van der Waals surface area contributed by atoms with Crippen LogP contribution in [0, 0.1) is 0 Å². The average molecular weight is 521 g/mol. The molecule has 0 aliphatic rings. The molecule has 2 aromatic carbocycles. The molecule has 9 heteroatoms. The molecule has 0 bridgehead atoms. The van der Waals surface area contributed by atoms with Crippen LogP contribution >= 0.6 is 0 Å². The molecule has 0 aliphatic carbocycles. The number of hydrogen-bond acceptors (Lipinski definition) is 8. The molecule has 0 unspecified atom stereocenters. The van der Waals surface area contributed by atoms with Crippen LogP contribution < -0.4 is 9.47 Å². The van der Waals surface area contributed by atoms with Crippen LogP contribution in [-0.2, 0) is 16.4 Å². The van der Waals surface area contributed by atoms with Gasteiger partial charge in [-0.2, -0.15) is 0 Å². The first kappa shape index (κ1) is 26.5. The first-order valence-electron chi connectivity index (χ1n) is 12.2. The van der Waals surface area contributed by atoms with Gasteiger partial charge in [0.25, 0.3) is 0 Å². The quantitative estimate of drug-likeness (QED) is 0.239. The van der Waals surface area contributed by atoms with Crippen LogP contribution in [0.2, 0.25) is 0 Å². The van der Waals surface area contributed by atoms with E-state index in [0.29, 0.717) is 31.5 Å². The number of nitrogens with zero attached hydrogens (tertiary/aromatic N) is 4. The van der Waals surface area contributed by atoms with E-state index in [4.69, 9.17) is 9.47 Å². The second kappa shape index (κ2) is 12.6. The zero-order chi connectivity index (χ0) is 26.1. The van der Waals surface area contributed by atoms with Crippen molar-refractivity contribution in [1.29, 1.82) is 0 Å². The zero-order valence-corrected chi connectivity index (χ0v) is 22.0. The van der Waals surface area contributed by atoms with Gasteiger partial charge in [0.1, 0.15) is 22.2 Å². The van der Waals surface area contributed by atoms with Gasteiger partial charge in [0.2, 0.25) is 5.88 Å². The van der Waals surface area contributed by atoms with E-state index in [-0.39, 0.29) is 5.75 Å². The lowest BCUT2D eigenvalue weighted by molar-refractivity contribution is 0.277. The van der Waals surface area contributed by atoms with Crippen LogP contribution in [0.15, 0.2) is 73.1 Å². The fraction of sp³-hybridized carbons (Fsp3) is 0.321. The lowest BCUT2D eigenvalue weighted by Gasteiger charge is -2.15. The molecule has 0 fully saturated rings. The lowest BCUT2D eigenvalue weighted by atomic mass is 10.2. The van der Waals surface area contributed by atoms with Crippen molar-refractivity contribution in [1.82, 2.24) is 19.9 Å². The molecule has 0 saturated carbocycles. The summed E-state index contributed by atoms with van der Waals surface area (Å²) in [5, 5.41) is 0.858. The Bertz CT molecular complexity index is 1400. The van der Waals surface area contributed by atoms with Gasteiger partial charge in [-0.05, 0) is 56.3 Å². The van der Waals surface area contributed by atoms with Crippen molar-refractivity contribution in [3.63, 3.8) is 0 Å². The SMILES string of the molecule is CN(CCCCOc1cc2cnc(-c3ccc(OCc4ccccc4)cc3)nc2cn1)CCS(C)(=O)=O. The van der Waals surface area contributed by atoms with Gasteiger partial charge in [0.15, 0.2) is 5.82 Å². The first-order valence-corrected chi connectivity index (χ1v) is 14.3. The van der Waals surface area contributed by atoms with Crippen molar-refractivity contribution in [3.05, 3.63) is 78.6 Å². The summed E-state index contributed by atoms with van der Waals surface area (Å²) in [6, 6.07) is 19.6. The van der Waals surface area contributed by atoms with Crippen molar-refractivity contribution < 1.29 is 17.9 Å². The highest BCUT2D eigenvalue weighted by Gasteiger charge is 2.08. The summed E-state index contributed by atoms with van der Waals surface area (Å²) in [5.74, 6) is 2.13. The van der Waals surface area contributed by atoms with Crippen molar-refractivity contribution in [3.8, 4) is 23.0 Å². The van der Waals surface area contributed by atoms with Gasteiger partial charge in [0.05, 0.1) is 24.1 Å². The minimum Gasteiger partial charge on any atom is -0.489 e. The van der Waals surface area contributed by atoms with Crippen LogP contribution in [-0.4, -0.2) is 67.0 Å². The van der Waals surface area contributed by atoms with Crippen LogP contribution in [0.25, 0.3) is 22.3 Å². The Morgan fingerprint density at radius 1 is 0.892 bits per heavy atom. The molecule has 2 aromatic heterocycles. The van der Waals surface area contributed by atoms with Crippen LogP contribution in [0.3, 0.4) is 0 Å². The summed E-state index contributed by atoms with van der Waals surface area (Å²) in [7, 11) is -1.00. The van der Waals surface area contributed by atoms with E-state index < -0.39 is 9.84 Å². The summed E-state index contributed by atoms with van der Waals surface area (Å²) in [6.45, 7) is 2.42. The standard InChI is InChI=1S/C28H32N4O4S/c1-32(15-17-37(2,33)34)14-6-7-16-35-27-18-24-19-30-28(31-26(24)20-29-27)23-10-12-25(13-11-23)36-21-22-8-4-3-5-9-22/h3-5,8-13,18-20H,6-7,14-17,21H2,1-2H3. The molecule has 194 valence electrons. The number of rotatable bonds is 13. The Balaban J connectivity index is 1.26. The van der Waals surface area contributed by atoms with Gasteiger partial charge >= 0.3 is 0 Å². The minimum atomic E-state index is -2.93. The van der Waals surface area contributed by atoms with Crippen molar-refractivity contribution >= 4 is 20.7 Å². The number of benzene rings is 2. The number of aromatic nitrogens is 3. The van der Waals surface area contributed by atoms with Gasteiger partial charge in [-0.1, -0.05) is 30.3 Å². The predicted octanol–water partition coefficient (Wildman–Crippen LogP) is 4.41. The summed E-state index contributed by atoms with van der Waals surface area (Å²) >= 11 is 0. The van der Waals surface area contributed by atoms with E-state index in [2.05, 4.69) is 15.0 Å². The van der Waals surface area contributed by atoms with Crippen LogP contribution in [0.4, 0.5) is 0 Å². The van der Waals surface area contributed by atoms with Gasteiger partial charge in [0, 0.05) is 36.0 Å². The van der Waals surface area contributed by atoms with Gasteiger partial charge in [-0.15, -0.1) is 0 Å². The minimum absolute atomic E-state index is 0.180. The van der Waals surface area contributed by atoms with Gasteiger partial charge in [-0.3, -0.25) is 0 Å². The van der Waals surface area contributed by atoms with E-state index in [9.17, 15) is 8.42 Å². The molecule has 0 amide bonds. The maximum atomic E-state index is 11.3. The summed E-state index contributed by atoms with van der Waals surface area (Å²) in [4.78, 5) is 15.6. The van der Waals surface area contributed by atoms with Crippen LogP contribution in [0.1, 0.15) is 18.4 Å². The number of ether oxygens (including phenoxy) is 2. The largest absolute Gasteiger partial charge is 0.489 e. The summed E-state index contributed by atoms with van der Waals surface area (Å²) in [5.41, 5.74) is 2.76. The fourth-order valence-electron chi connectivity index (χ4n) is 3.67. The van der Waals surface area contributed by atoms with Gasteiger partial charge in [-0.25, -0.2) is 23.4 Å². The number of pyridine rings is 1. The highest BCUT2D eigenvalue weighted by atomic mass is 32.2. The molecule has 0 N–H and O–H groups in total. The second-order valence-electron chi connectivity index (χ2n) is 9.06. The number of hydrogen-bond donors (Lipinski definition) is 0. The fourth-order valence-corrected chi connectivity index (χ4v) is 4.31. The zero-order valence-electron chi connectivity index (χ0n) is 21.2. The van der Waals surface area contributed by atoms with E-state index in [0.717, 1.165) is 47.2 Å². The highest BCUT2D eigenvalue weighted by molar-refractivity contribution is 7.90. The maximum Gasteiger partial charge on any atom is 0.213 e. The van der Waals surface area contributed by atoms with E-state index >= 15 is 0 Å². The van der Waals surface area contributed by atoms with Gasteiger partial charge < -0.3 is 14.4 Å². The predicted molar refractivity (Wildman–Crippen MR) is 145 cm³/mol. The normalized spacial score (nSPS) is 11.6. The Morgan fingerprint density at radius 2 is 1.68 bits per heavy atom. The third-order valence-corrected chi connectivity index (χ3v) is 6.75. The second-order valence-corrected chi connectivity index (χ2v) is 11.3. The van der Waals surface area contributed by atoms with E-state index in [1.54, 1.807) is 12.4 Å². The third kappa shape index (κ3) is 8.51. The average Bonchev–Trinajstić information content (AvgIpc) is 2.91. The Kier molecular flexibility index (Phi) is 9.03. The molecule has 8 nitrogen and oxygen atoms in total. The smallest absolute Gasteiger partial charge is 0.213 e. The first-order chi connectivity index (χ1) is 17.9. The van der Waals surface area contributed by atoms with Crippen LogP contribution in [0.5, 0.6) is 11.6 Å². The molecule has 0 atom stereocenters. The Labute approximate surface area is 218 Å². The lowest BCUT2D eigenvalue weighted by Crippen LogP contribution is -2.26. The topological polar surface area (TPSA) is 94.5 Å².